The predicted octanol–water partition coefficient (Wildman–Crippen LogP) is 3.89. The molecule has 0 bridgehead atoms. The molecule has 1 unspecified atom stereocenters. The van der Waals surface area contributed by atoms with E-state index < -0.39 is 0 Å². The molecule has 2 aliphatic rings. The minimum absolute atomic E-state index is 0.572. The zero-order chi connectivity index (χ0) is 12.8. The molecule has 0 amide bonds. The van der Waals surface area contributed by atoms with Crippen molar-refractivity contribution >= 4 is 0 Å². The SMILES string of the molecule is CCCC(COC)NC1CCC2(CCCC2)CC1. The maximum atomic E-state index is 5.33. The average molecular weight is 253 g/mol. The lowest BCUT2D eigenvalue weighted by Gasteiger charge is -2.39. The third kappa shape index (κ3) is 3.71. The molecule has 1 N–H and O–H groups in total. The van der Waals surface area contributed by atoms with Gasteiger partial charge in [-0.05, 0) is 50.4 Å². The van der Waals surface area contributed by atoms with E-state index in [0.29, 0.717) is 6.04 Å². The Morgan fingerprint density at radius 1 is 1.17 bits per heavy atom. The minimum Gasteiger partial charge on any atom is -0.383 e. The number of hydrogen-bond donors (Lipinski definition) is 1. The summed E-state index contributed by atoms with van der Waals surface area (Å²) in [5.41, 5.74) is 0.764. The lowest BCUT2D eigenvalue weighted by molar-refractivity contribution is 0.128. The fourth-order valence-electron chi connectivity index (χ4n) is 4.12. The summed E-state index contributed by atoms with van der Waals surface area (Å²) in [5.74, 6) is 0. The van der Waals surface area contributed by atoms with Gasteiger partial charge in [-0.3, -0.25) is 0 Å². The summed E-state index contributed by atoms with van der Waals surface area (Å²) in [4.78, 5) is 0. The maximum absolute atomic E-state index is 5.33. The molecule has 0 heterocycles. The van der Waals surface area contributed by atoms with Gasteiger partial charge in [0.1, 0.15) is 0 Å². The summed E-state index contributed by atoms with van der Waals surface area (Å²) in [6.45, 7) is 3.13. The van der Waals surface area contributed by atoms with Crippen molar-refractivity contribution in [2.45, 2.75) is 83.2 Å². The Balaban J connectivity index is 1.74. The Labute approximate surface area is 113 Å². The van der Waals surface area contributed by atoms with Crippen LogP contribution in [-0.2, 0) is 4.74 Å². The van der Waals surface area contributed by atoms with Crippen LogP contribution in [0.3, 0.4) is 0 Å². The van der Waals surface area contributed by atoms with Crippen molar-refractivity contribution in [3.8, 4) is 0 Å². The van der Waals surface area contributed by atoms with Crippen LogP contribution in [0.2, 0.25) is 0 Å². The molecule has 18 heavy (non-hydrogen) atoms. The number of hydrogen-bond acceptors (Lipinski definition) is 2. The monoisotopic (exact) mass is 253 g/mol. The molecule has 2 saturated carbocycles. The normalized spacial score (nSPS) is 25.7. The van der Waals surface area contributed by atoms with Gasteiger partial charge < -0.3 is 10.1 Å². The van der Waals surface area contributed by atoms with Crippen LogP contribution in [0.4, 0.5) is 0 Å². The van der Waals surface area contributed by atoms with Crippen LogP contribution in [0.5, 0.6) is 0 Å². The van der Waals surface area contributed by atoms with E-state index >= 15 is 0 Å². The van der Waals surface area contributed by atoms with Gasteiger partial charge in [0.05, 0.1) is 6.61 Å². The Bertz CT molecular complexity index is 219. The lowest BCUT2D eigenvalue weighted by Crippen LogP contribution is -2.44. The molecular weight excluding hydrogens is 222 g/mol. The molecule has 2 rings (SSSR count). The van der Waals surface area contributed by atoms with Crippen molar-refractivity contribution in [2.24, 2.45) is 5.41 Å². The Hall–Kier alpha value is -0.0800. The quantitative estimate of drug-likeness (QED) is 0.775. The first kappa shape index (κ1) is 14.3. The molecule has 0 aromatic carbocycles. The largest absolute Gasteiger partial charge is 0.383 e. The smallest absolute Gasteiger partial charge is 0.0615 e. The maximum Gasteiger partial charge on any atom is 0.0615 e. The summed E-state index contributed by atoms with van der Waals surface area (Å²) in [7, 11) is 1.82. The predicted molar refractivity (Wildman–Crippen MR) is 76.9 cm³/mol. The molecule has 2 heteroatoms. The van der Waals surface area contributed by atoms with Gasteiger partial charge in [0.15, 0.2) is 0 Å². The van der Waals surface area contributed by atoms with Crippen molar-refractivity contribution < 1.29 is 4.74 Å². The molecule has 1 atom stereocenters. The highest BCUT2D eigenvalue weighted by Gasteiger charge is 2.37. The van der Waals surface area contributed by atoms with Crippen LogP contribution < -0.4 is 5.32 Å². The van der Waals surface area contributed by atoms with E-state index in [2.05, 4.69) is 12.2 Å². The molecule has 0 aromatic rings. The first-order chi connectivity index (χ1) is 8.78. The van der Waals surface area contributed by atoms with Gasteiger partial charge in [-0.15, -0.1) is 0 Å². The van der Waals surface area contributed by atoms with Crippen molar-refractivity contribution in [1.82, 2.24) is 5.32 Å². The molecule has 2 nitrogen and oxygen atoms in total. The van der Waals surface area contributed by atoms with E-state index in [-0.39, 0.29) is 0 Å². The van der Waals surface area contributed by atoms with Gasteiger partial charge in [-0.25, -0.2) is 0 Å². The fraction of sp³-hybridized carbons (Fsp3) is 1.00. The second-order valence-corrected chi connectivity index (χ2v) is 6.59. The summed E-state index contributed by atoms with van der Waals surface area (Å²) in [6.07, 6.45) is 14.2. The van der Waals surface area contributed by atoms with Crippen molar-refractivity contribution in [3.63, 3.8) is 0 Å². The minimum atomic E-state index is 0.572. The Morgan fingerprint density at radius 3 is 2.39 bits per heavy atom. The van der Waals surface area contributed by atoms with Gasteiger partial charge in [0.25, 0.3) is 0 Å². The molecule has 0 aromatic heterocycles. The summed E-state index contributed by atoms with van der Waals surface area (Å²) in [6, 6.07) is 1.32. The summed E-state index contributed by atoms with van der Waals surface area (Å²) < 4.78 is 5.33. The van der Waals surface area contributed by atoms with Gasteiger partial charge in [-0.1, -0.05) is 26.2 Å². The lowest BCUT2D eigenvalue weighted by atomic mass is 9.71. The van der Waals surface area contributed by atoms with E-state index in [0.717, 1.165) is 18.1 Å². The molecule has 0 saturated heterocycles. The zero-order valence-corrected chi connectivity index (χ0v) is 12.3. The third-order valence-electron chi connectivity index (χ3n) is 5.19. The van der Waals surface area contributed by atoms with E-state index in [1.165, 1.54) is 64.2 Å². The molecule has 0 radical (unpaired) electrons. The number of rotatable bonds is 6. The molecule has 106 valence electrons. The second-order valence-electron chi connectivity index (χ2n) is 6.59. The highest BCUT2D eigenvalue weighted by molar-refractivity contribution is 4.92. The molecule has 1 spiro atoms. The summed E-state index contributed by atoms with van der Waals surface area (Å²) in [5, 5.41) is 3.84. The third-order valence-corrected chi connectivity index (χ3v) is 5.19. The standard InChI is InChI=1S/C16H31NO/c1-3-6-15(13-18-2)17-14-7-11-16(12-8-14)9-4-5-10-16/h14-15,17H,3-13H2,1-2H3. The zero-order valence-electron chi connectivity index (χ0n) is 12.3. The van der Waals surface area contributed by atoms with Crippen LogP contribution in [-0.4, -0.2) is 25.8 Å². The van der Waals surface area contributed by atoms with Crippen LogP contribution in [0.15, 0.2) is 0 Å². The molecular formula is C16H31NO. The molecule has 2 fully saturated rings. The van der Waals surface area contributed by atoms with Crippen molar-refractivity contribution in [3.05, 3.63) is 0 Å². The van der Waals surface area contributed by atoms with Gasteiger partial charge >= 0.3 is 0 Å². The van der Waals surface area contributed by atoms with E-state index in [4.69, 9.17) is 4.74 Å². The Morgan fingerprint density at radius 2 is 1.83 bits per heavy atom. The van der Waals surface area contributed by atoms with Crippen LogP contribution >= 0.6 is 0 Å². The molecule has 2 aliphatic carbocycles. The van der Waals surface area contributed by atoms with E-state index in [9.17, 15) is 0 Å². The number of ether oxygens (including phenoxy) is 1. The van der Waals surface area contributed by atoms with Crippen LogP contribution in [0.1, 0.15) is 71.1 Å². The first-order valence-electron chi connectivity index (χ1n) is 8.03. The highest BCUT2D eigenvalue weighted by Crippen LogP contribution is 2.48. The van der Waals surface area contributed by atoms with Crippen molar-refractivity contribution in [2.75, 3.05) is 13.7 Å². The highest BCUT2D eigenvalue weighted by atomic mass is 16.5. The van der Waals surface area contributed by atoms with Gasteiger partial charge in [0.2, 0.25) is 0 Å². The summed E-state index contributed by atoms with van der Waals surface area (Å²) >= 11 is 0. The van der Waals surface area contributed by atoms with E-state index in [1.807, 2.05) is 7.11 Å². The van der Waals surface area contributed by atoms with Crippen LogP contribution in [0.25, 0.3) is 0 Å². The van der Waals surface area contributed by atoms with Gasteiger partial charge in [-0.2, -0.15) is 0 Å². The first-order valence-corrected chi connectivity index (χ1v) is 8.03. The average Bonchev–Trinajstić information content (AvgIpc) is 2.82. The molecule has 0 aliphatic heterocycles. The topological polar surface area (TPSA) is 21.3 Å². The van der Waals surface area contributed by atoms with Gasteiger partial charge in [0, 0.05) is 19.2 Å². The second kappa shape index (κ2) is 6.91. The number of nitrogens with one attached hydrogen (secondary N) is 1. The van der Waals surface area contributed by atoms with Crippen molar-refractivity contribution in [1.29, 1.82) is 0 Å². The van der Waals surface area contributed by atoms with Crippen LogP contribution in [0, 0.1) is 5.41 Å². The van der Waals surface area contributed by atoms with E-state index in [1.54, 1.807) is 0 Å². The number of methoxy groups -OCH3 is 1. The fourth-order valence-corrected chi connectivity index (χ4v) is 4.12. The Kier molecular flexibility index (Phi) is 5.50.